The molecule has 0 radical (unpaired) electrons. The molecule has 24 heavy (non-hydrogen) atoms. The molecule has 3 aromatic rings. The van der Waals surface area contributed by atoms with E-state index in [0.717, 1.165) is 33.8 Å². The lowest BCUT2D eigenvalue weighted by Crippen LogP contribution is -2.37. The third kappa shape index (κ3) is 2.12. The molecule has 0 spiro atoms. The summed E-state index contributed by atoms with van der Waals surface area (Å²) in [4.78, 5) is 4.71. The van der Waals surface area contributed by atoms with Gasteiger partial charge in [-0.15, -0.1) is 0 Å². The molecule has 5 nitrogen and oxygen atoms in total. The molecule has 124 valence electrons. The second kappa shape index (κ2) is 5.61. The van der Waals surface area contributed by atoms with Crippen LogP contribution in [0.15, 0.2) is 42.6 Å². The van der Waals surface area contributed by atoms with E-state index in [1.54, 1.807) is 7.11 Å². The number of benzene rings is 1. The second-order valence-corrected chi connectivity index (χ2v) is 6.30. The molecule has 3 heterocycles. The first-order chi connectivity index (χ1) is 11.6. The van der Waals surface area contributed by atoms with Crippen LogP contribution < -0.4 is 5.32 Å². The van der Waals surface area contributed by atoms with Gasteiger partial charge in [-0.25, -0.2) is 4.98 Å². The number of aryl methyl sites for hydroxylation is 2. The maximum absolute atomic E-state index is 10.8. The maximum atomic E-state index is 10.8. The minimum absolute atomic E-state index is 0.243. The number of aliphatic hydroxyl groups is 1. The summed E-state index contributed by atoms with van der Waals surface area (Å²) in [6.07, 6.45) is 0.922. The van der Waals surface area contributed by atoms with E-state index < -0.39 is 12.2 Å². The number of fused-ring (bicyclic) bond motifs is 3. The Morgan fingerprint density at radius 1 is 1.17 bits per heavy atom. The van der Waals surface area contributed by atoms with E-state index in [2.05, 4.69) is 16.6 Å². The first-order valence-electron chi connectivity index (χ1n) is 8.12. The number of nitrogens with zero attached hydrogens (tertiary/aromatic N) is 2. The minimum atomic E-state index is -0.676. The summed E-state index contributed by atoms with van der Waals surface area (Å²) in [7, 11) is 1.64. The van der Waals surface area contributed by atoms with Crippen molar-refractivity contribution in [2.24, 2.45) is 0 Å². The molecule has 0 saturated carbocycles. The first kappa shape index (κ1) is 15.2. The lowest BCUT2D eigenvalue weighted by molar-refractivity contribution is -0.0268. The highest BCUT2D eigenvalue weighted by Gasteiger charge is 2.37. The van der Waals surface area contributed by atoms with E-state index in [1.807, 2.05) is 49.5 Å². The predicted molar refractivity (Wildman–Crippen MR) is 93.2 cm³/mol. The van der Waals surface area contributed by atoms with Crippen LogP contribution in [-0.4, -0.2) is 27.7 Å². The Hall–Kier alpha value is -2.37. The van der Waals surface area contributed by atoms with Crippen LogP contribution in [-0.2, 0) is 4.74 Å². The molecule has 0 aliphatic carbocycles. The number of nitrogens with one attached hydrogen (secondary N) is 1. The molecule has 1 aromatic carbocycles. The summed E-state index contributed by atoms with van der Waals surface area (Å²) < 4.78 is 7.72. The highest BCUT2D eigenvalue weighted by atomic mass is 16.5. The first-order valence-corrected chi connectivity index (χ1v) is 8.12. The smallest absolute Gasteiger partial charge is 0.161 e. The van der Waals surface area contributed by atoms with Crippen molar-refractivity contribution in [1.82, 2.24) is 9.38 Å². The summed E-state index contributed by atoms with van der Waals surface area (Å²) in [6, 6.07) is 11.7. The van der Waals surface area contributed by atoms with E-state index >= 15 is 0 Å². The zero-order chi connectivity index (χ0) is 16.8. The molecule has 3 unspecified atom stereocenters. The third-order valence-corrected chi connectivity index (χ3v) is 4.97. The van der Waals surface area contributed by atoms with Gasteiger partial charge in [0.2, 0.25) is 0 Å². The van der Waals surface area contributed by atoms with E-state index in [0.29, 0.717) is 0 Å². The highest BCUT2D eigenvalue weighted by molar-refractivity contribution is 5.75. The number of rotatable bonds is 2. The number of aliphatic hydroxyl groups excluding tert-OH is 1. The van der Waals surface area contributed by atoms with Gasteiger partial charge in [0.1, 0.15) is 12.2 Å². The van der Waals surface area contributed by atoms with Gasteiger partial charge in [-0.1, -0.05) is 30.3 Å². The van der Waals surface area contributed by atoms with Crippen LogP contribution in [0.3, 0.4) is 0 Å². The number of anilines is 1. The summed E-state index contributed by atoms with van der Waals surface area (Å²) in [6.45, 7) is 4.07. The molecule has 0 bridgehead atoms. The van der Waals surface area contributed by atoms with Gasteiger partial charge in [-0.3, -0.25) is 0 Å². The van der Waals surface area contributed by atoms with Crippen LogP contribution >= 0.6 is 0 Å². The fourth-order valence-corrected chi connectivity index (χ4v) is 3.54. The van der Waals surface area contributed by atoms with Crippen molar-refractivity contribution in [3.63, 3.8) is 0 Å². The average molecular weight is 323 g/mol. The van der Waals surface area contributed by atoms with Crippen LogP contribution in [0.4, 0.5) is 5.69 Å². The lowest BCUT2D eigenvalue weighted by Gasteiger charge is -2.37. The van der Waals surface area contributed by atoms with Gasteiger partial charge in [0, 0.05) is 24.6 Å². The number of hydrogen-bond acceptors (Lipinski definition) is 4. The van der Waals surface area contributed by atoms with Gasteiger partial charge < -0.3 is 19.6 Å². The largest absolute Gasteiger partial charge is 0.388 e. The van der Waals surface area contributed by atoms with E-state index in [1.165, 1.54) is 0 Å². The predicted octanol–water partition coefficient (Wildman–Crippen LogP) is 3.17. The van der Waals surface area contributed by atoms with Gasteiger partial charge in [0.05, 0.1) is 17.4 Å². The molecule has 5 heteroatoms. The van der Waals surface area contributed by atoms with Gasteiger partial charge in [0.15, 0.2) is 5.65 Å². The van der Waals surface area contributed by atoms with E-state index in [9.17, 15) is 5.11 Å². The zero-order valence-electron chi connectivity index (χ0n) is 14.0. The van der Waals surface area contributed by atoms with E-state index in [4.69, 9.17) is 9.72 Å². The Morgan fingerprint density at radius 3 is 2.62 bits per heavy atom. The number of imidazole rings is 1. The van der Waals surface area contributed by atoms with Crippen molar-refractivity contribution in [1.29, 1.82) is 0 Å². The van der Waals surface area contributed by atoms with Gasteiger partial charge >= 0.3 is 0 Å². The minimum Gasteiger partial charge on any atom is -0.388 e. The van der Waals surface area contributed by atoms with Crippen molar-refractivity contribution in [3.05, 3.63) is 65.1 Å². The molecule has 0 fully saturated rings. The third-order valence-electron chi connectivity index (χ3n) is 4.97. The van der Waals surface area contributed by atoms with Crippen LogP contribution in [0, 0.1) is 13.8 Å². The topological polar surface area (TPSA) is 58.8 Å². The SMILES string of the molecule is COC1c2ccn3c(C)c(C)nc3c2NC(c2ccccc2)C1O. The van der Waals surface area contributed by atoms with Crippen LogP contribution in [0.5, 0.6) is 0 Å². The van der Waals surface area contributed by atoms with Crippen LogP contribution in [0.1, 0.15) is 34.7 Å². The normalized spacial score (nSPS) is 23.1. The number of pyridine rings is 1. The second-order valence-electron chi connectivity index (χ2n) is 6.30. The van der Waals surface area contributed by atoms with Crippen molar-refractivity contribution >= 4 is 11.3 Å². The molecular formula is C19H21N3O2. The fraction of sp³-hybridized carbons (Fsp3) is 0.316. The van der Waals surface area contributed by atoms with Crippen molar-refractivity contribution in [3.8, 4) is 0 Å². The summed E-state index contributed by atoms with van der Waals surface area (Å²) >= 11 is 0. The molecule has 3 atom stereocenters. The number of ether oxygens (including phenoxy) is 1. The standard InChI is InChI=1S/C19H21N3O2/c1-11-12(2)22-10-9-14-16(19(22)20-11)21-15(17(23)18(14)24-3)13-7-5-4-6-8-13/h4-10,15,17-18,21,23H,1-3H3. The van der Waals surface area contributed by atoms with Gasteiger partial charge in [-0.05, 0) is 25.5 Å². The molecular weight excluding hydrogens is 302 g/mol. The Balaban J connectivity index is 1.91. The Morgan fingerprint density at radius 2 is 1.92 bits per heavy atom. The number of methoxy groups -OCH3 is 1. The van der Waals surface area contributed by atoms with Gasteiger partial charge in [-0.2, -0.15) is 0 Å². The monoisotopic (exact) mass is 323 g/mol. The molecule has 1 aliphatic rings. The van der Waals surface area contributed by atoms with Crippen molar-refractivity contribution in [2.45, 2.75) is 32.1 Å². The summed E-state index contributed by atoms with van der Waals surface area (Å²) in [5, 5.41) is 14.3. The Labute approximate surface area is 140 Å². The van der Waals surface area contributed by atoms with E-state index in [-0.39, 0.29) is 6.04 Å². The Bertz CT molecular complexity index is 889. The summed E-state index contributed by atoms with van der Waals surface area (Å²) in [5.74, 6) is 0. The maximum Gasteiger partial charge on any atom is 0.161 e. The van der Waals surface area contributed by atoms with Crippen molar-refractivity contribution < 1.29 is 9.84 Å². The molecule has 2 N–H and O–H groups in total. The molecule has 0 saturated heterocycles. The zero-order valence-corrected chi connectivity index (χ0v) is 14.0. The Kier molecular flexibility index (Phi) is 3.55. The van der Waals surface area contributed by atoms with Crippen molar-refractivity contribution in [2.75, 3.05) is 12.4 Å². The summed E-state index contributed by atoms with van der Waals surface area (Å²) in [5.41, 5.74) is 5.89. The number of aromatic nitrogens is 2. The fourth-order valence-electron chi connectivity index (χ4n) is 3.54. The molecule has 1 aliphatic heterocycles. The average Bonchev–Trinajstić information content (AvgIpc) is 2.90. The molecule has 2 aromatic heterocycles. The molecule has 4 rings (SSSR count). The van der Waals surface area contributed by atoms with Crippen LogP contribution in [0.2, 0.25) is 0 Å². The molecule has 0 amide bonds. The highest BCUT2D eigenvalue weighted by Crippen LogP contribution is 2.42. The lowest BCUT2D eigenvalue weighted by atomic mass is 9.89. The van der Waals surface area contributed by atoms with Gasteiger partial charge in [0.25, 0.3) is 0 Å². The quantitative estimate of drug-likeness (QED) is 0.760. The number of hydrogen-bond donors (Lipinski definition) is 2. The van der Waals surface area contributed by atoms with Crippen LogP contribution in [0.25, 0.3) is 5.65 Å².